The topological polar surface area (TPSA) is 85.9 Å². The standard InChI is InChI=1S/C26H30N2O5S/c1-18(2)33-22-10-8-20(9-11-22)14-26(21-15-23(31-4)17-24(16-21)32-5)27-28-34(29,30)25-12-6-19(3)7-13-25/h6-18,27-28H,1-5H3. The highest BCUT2D eigenvalue weighted by Crippen LogP contribution is 2.27. The molecule has 3 aromatic carbocycles. The lowest BCUT2D eigenvalue weighted by molar-refractivity contribution is 0.242. The number of sulfonamides is 1. The molecule has 2 N–H and O–H groups in total. The van der Waals surface area contributed by atoms with E-state index in [1.54, 1.807) is 56.7 Å². The molecule has 0 saturated heterocycles. The summed E-state index contributed by atoms with van der Waals surface area (Å²) in [7, 11) is -0.692. The average molecular weight is 483 g/mol. The highest BCUT2D eigenvalue weighted by atomic mass is 32.2. The second kappa shape index (κ2) is 11.1. The van der Waals surface area contributed by atoms with Gasteiger partial charge in [0.1, 0.15) is 17.2 Å². The lowest BCUT2D eigenvalue weighted by Gasteiger charge is -2.16. The summed E-state index contributed by atoms with van der Waals surface area (Å²) in [5.41, 5.74) is 5.86. The quantitative estimate of drug-likeness (QED) is 0.320. The van der Waals surface area contributed by atoms with Crippen LogP contribution in [0.1, 0.15) is 30.5 Å². The first kappa shape index (κ1) is 25.1. The van der Waals surface area contributed by atoms with E-state index in [0.29, 0.717) is 22.8 Å². The molecule has 0 aromatic heterocycles. The molecule has 0 atom stereocenters. The number of hydrogen-bond donors (Lipinski definition) is 2. The van der Waals surface area contributed by atoms with Crippen molar-refractivity contribution in [2.45, 2.75) is 31.8 Å². The van der Waals surface area contributed by atoms with Crippen molar-refractivity contribution in [2.24, 2.45) is 0 Å². The molecule has 180 valence electrons. The minimum absolute atomic E-state index is 0.0686. The van der Waals surface area contributed by atoms with Gasteiger partial charge >= 0.3 is 0 Å². The van der Waals surface area contributed by atoms with Crippen molar-refractivity contribution in [3.63, 3.8) is 0 Å². The average Bonchev–Trinajstić information content (AvgIpc) is 2.82. The lowest BCUT2D eigenvalue weighted by atomic mass is 10.1. The summed E-state index contributed by atoms with van der Waals surface area (Å²) in [5.74, 6) is 1.90. The predicted octanol–water partition coefficient (Wildman–Crippen LogP) is 4.78. The van der Waals surface area contributed by atoms with Gasteiger partial charge in [-0.2, -0.15) is 0 Å². The van der Waals surface area contributed by atoms with E-state index in [9.17, 15) is 8.42 Å². The lowest BCUT2D eigenvalue weighted by Crippen LogP contribution is -2.36. The molecule has 0 fully saturated rings. The molecule has 0 saturated carbocycles. The zero-order valence-electron chi connectivity index (χ0n) is 20.0. The van der Waals surface area contributed by atoms with Crippen molar-refractivity contribution < 1.29 is 22.6 Å². The van der Waals surface area contributed by atoms with Gasteiger partial charge in [0.05, 0.1) is 30.9 Å². The predicted molar refractivity (Wildman–Crippen MR) is 134 cm³/mol. The molecule has 3 rings (SSSR count). The van der Waals surface area contributed by atoms with Crippen LogP contribution in [0, 0.1) is 6.92 Å². The van der Waals surface area contributed by atoms with Crippen LogP contribution in [0.3, 0.4) is 0 Å². The van der Waals surface area contributed by atoms with Crippen LogP contribution >= 0.6 is 0 Å². The highest BCUT2D eigenvalue weighted by Gasteiger charge is 2.15. The zero-order chi connectivity index (χ0) is 24.7. The summed E-state index contributed by atoms with van der Waals surface area (Å²) in [4.78, 5) is 2.63. The Morgan fingerprint density at radius 3 is 1.97 bits per heavy atom. The molecule has 0 radical (unpaired) electrons. The van der Waals surface area contributed by atoms with E-state index in [1.807, 2.05) is 51.1 Å². The number of methoxy groups -OCH3 is 2. The Balaban J connectivity index is 1.96. The molecule has 34 heavy (non-hydrogen) atoms. The van der Waals surface area contributed by atoms with Crippen LogP contribution in [0.2, 0.25) is 0 Å². The number of rotatable bonds is 10. The molecule has 0 aliphatic carbocycles. The number of ether oxygens (including phenoxy) is 3. The van der Waals surface area contributed by atoms with E-state index < -0.39 is 10.0 Å². The normalized spacial score (nSPS) is 11.9. The summed E-state index contributed by atoms with van der Waals surface area (Å²) in [6.07, 6.45) is 1.89. The Morgan fingerprint density at radius 1 is 0.853 bits per heavy atom. The molecule has 0 heterocycles. The van der Waals surface area contributed by atoms with E-state index in [2.05, 4.69) is 10.3 Å². The van der Waals surface area contributed by atoms with Crippen molar-refractivity contribution >= 4 is 21.8 Å². The Kier molecular flexibility index (Phi) is 8.20. The van der Waals surface area contributed by atoms with Gasteiger partial charge in [0, 0.05) is 11.6 Å². The van der Waals surface area contributed by atoms with E-state index in [1.165, 1.54) is 0 Å². The van der Waals surface area contributed by atoms with Crippen molar-refractivity contribution in [3.05, 3.63) is 83.4 Å². The third kappa shape index (κ3) is 6.76. The molecule has 0 aliphatic heterocycles. The molecule has 3 aromatic rings. The van der Waals surface area contributed by atoms with E-state index in [0.717, 1.165) is 16.9 Å². The summed E-state index contributed by atoms with van der Waals surface area (Å²) >= 11 is 0. The maximum absolute atomic E-state index is 12.9. The summed E-state index contributed by atoms with van der Waals surface area (Å²) in [6, 6.07) is 19.5. The molecule has 0 unspecified atom stereocenters. The minimum atomic E-state index is -3.81. The van der Waals surface area contributed by atoms with Crippen molar-refractivity contribution in [1.29, 1.82) is 0 Å². The summed E-state index contributed by atoms with van der Waals surface area (Å²) in [5, 5.41) is 0. The third-order valence-corrected chi connectivity index (χ3v) is 6.14. The van der Waals surface area contributed by atoms with Crippen LogP contribution in [0.5, 0.6) is 17.2 Å². The minimum Gasteiger partial charge on any atom is -0.497 e. The first-order valence-corrected chi connectivity index (χ1v) is 12.2. The van der Waals surface area contributed by atoms with Gasteiger partial charge in [-0.3, -0.25) is 0 Å². The maximum Gasteiger partial charge on any atom is 0.257 e. The van der Waals surface area contributed by atoms with Crippen LogP contribution in [0.4, 0.5) is 0 Å². The Morgan fingerprint density at radius 2 is 1.44 bits per heavy atom. The van der Waals surface area contributed by atoms with Crippen molar-refractivity contribution in [3.8, 4) is 17.2 Å². The number of hydrazine groups is 1. The van der Waals surface area contributed by atoms with Crippen LogP contribution < -0.4 is 24.5 Å². The molecule has 8 heteroatoms. The Bertz CT molecular complexity index is 1210. The van der Waals surface area contributed by atoms with Crippen LogP contribution in [0.15, 0.2) is 71.6 Å². The first-order valence-electron chi connectivity index (χ1n) is 10.8. The van der Waals surface area contributed by atoms with Gasteiger partial charge in [-0.05, 0) is 68.8 Å². The molecule has 0 aliphatic rings. The van der Waals surface area contributed by atoms with E-state index in [-0.39, 0.29) is 11.0 Å². The maximum atomic E-state index is 12.9. The molecule has 0 amide bonds. The van der Waals surface area contributed by atoms with Gasteiger partial charge in [-0.15, -0.1) is 4.83 Å². The van der Waals surface area contributed by atoms with Crippen LogP contribution in [-0.2, 0) is 10.0 Å². The summed E-state index contributed by atoms with van der Waals surface area (Å²) in [6.45, 7) is 5.83. The zero-order valence-corrected chi connectivity index (χ0v) is 20.8. The van der Waals surface area contributed by atoms with Gasteiger partial charge in [-0.25, -0.2) is 8.42 Å². The first-order chi connectivity index (χ1) is 16.2. The van der Waals surface area contributed by atoms with Gasteiger partial charge in [-0.1, -0.05) is 29.8 Å². The van der Waals surface area contributed by atoms with Crippen molar-refractivity contribution in [1.82, 2.24) is 10.3 Å². The number of aryl methyl sites for hydroxylation is 1. The van der Waals surface area contributed by atoms with E-state index >= 15 is 0 Å². The SMILES string of the molecule is COc1cc(OC)cc(C(=Cc2ccc(OC(C)C)cc2)NNS(=O)(=O)c2ccc(C)cc2)c1. The number of nitrogens with one attached hydrogen (secondary N) is 2. The Labute approximate surface area is 201 Å². The monoisotopic (exact) mass is 482 g/mol. The van der Waals surface area contributed by atoms with Crippen LogP contribution in [-0.4, -0.2) is 28.7 Å². The molecule has 0 bridgehead atoms. The fourth-order valence-electron chi connectivity index (χ4n) is 3.13. The molecular formula is C26H30N2O5S. The molecular weight excluding hydrogens is 452 g/mol. The summed E-state index contributed by atoms with van der Waals surface area (Å²) < 4.78 is 42.2. The van der Waals surface area contributed by atoms with Gasteiger partial charge in [0.25, 0.3) is 10.0 Å². The number of benzene rings is 3. The van der Waals surface area contributed by atoms with Gasteiger partial charge in [0.2, 0.25) is 0 Å². The third-order valence-electron chi connectivity index (χ3n) is 4.88. The van der Waals surface area contributed by atoms with Gasteiger partial charge < -0.3 is 19.6 Å². The largest absolute Gasteiger partial charge is 0.497 e. The second-order valence-corrected chi connectivity index (χ2v) is 9.62. The van der Waals surface area contributed by atoms with Crippen LogP contribution in [0.25, 0.3) is 11.8 Å². The smallest absolute Gasteiger partial charge is 0.257 e. The van der Waals surface area contributed by atoms with E-state index in [4.69, 9.17) is 14.2 Å². The van der Waals surface area contributed by atoms with Crippen molar-refractivity contribution in [2.75, 3.05) is 14.2 Å². The fourth-order valence-corrected chi connectivity index (χ4v) is 3.99. The fraction of sp³-hybridized carbons (Fsp3) is 0.231. The number of hydrogen-bond acceptors (Lipinski definition) is 6. The van der Waals surface area contributed by atoms with Gasteiger partial charge in [0.15, 0.2) is 0 Å². The highest BCUT2D eigenvalue weighted by molar-refractivity contribution is 7.89. The molecule has 0 spiro atoms. The molecule has 7 nitrogen and oxygen atoms in total. The Hall–Kier alpha value is -3.49. The second-order valence-electron chi connectivity index (χ2n) is 7.94.